The average molecular weight is 349 g/mol. The van der Waals surface area contributed by atoms with E-state index in [4.69, 9.17) is 31.6 Å². The fourth-order valence-electron chi connectivity index (χ4n) is 1.85. The van der Waals surface area contributed by atoms with Crippen LogP contribution in [-0.4, -0.2) is 25.5 Å². The maximum Gasteiger partial charge on any atom is 0.372 e. The van der Waals surface area contributed by atoms with E-state index in [0.29, 0.717) is 22.9 Å². The maximum absolute atomic E-state index is 11.6. The van der Waals surface area contributed by atoms with Crippen molar-refractivity contribution in [2.45, 2.75) is 6.42 Å². The summed E-state index contributed by atoms with van der Waals surface area (Å²) in [6, 6.07) is 14.1. The van der Waals surface area contributed by atoms with Crippen LogP contribution in [0, 0.1) is 0 Å². The number of carbonyl (C=O) groups excluding carboxylic acids is 1. The van der Waals surface area contributed by atoms with Gasteiger partial charge in [0.05, 0.1) is 7.11 Å². The molecule has 0 aromatic heterocycles. The number of para-hydroxylation sites is 2. The summed E-state index contributed by atoms with van der Waals surface area (Å²) in [5.74, 6) is 0.467. The first-order chi connectivity index (χ1) is 11.6. The lowest BCUT2D eigenvalue weighted by molar-refractivity contribution is -0.146. The summed E-state index contributed by atoms with van der Waals surface area (Å²) in [4.78, 5) is 16.4. The molecule has 0 bridgehead atoms. The van der Waals surface area contributed by atoms with Gasteiger partial charge in [-0.15, -0.1) is 0 Å². The first-order valence-electron chi connectivity index (χ1n) is 7.11. The summed E-state index contributed by atoms with van der Waals surface area (Å²) in [6.07, 6.45) is 0.345. The van der Waals surface area contributed by atoms with E-state index in [2.05, 4.69) is 5.16 Å². The normalized spacial score (nSPS) is 11.0. The van der Waals surface area contributed by atoms with Crippen molar-refractivity contribution in [3.8, 4) is 11.5 Å². The molecule has 6 nitrogen and oxygen atoms in total. The fourth-order valence-corrected chi connectivity index (χ4v) is 1.98. The highest BCUT2D eigenvalue weighted by atomic mass is 35.5. The molecule has 0 atom stereocenters. The van der Waals surface area contributed by atoms with Crippen molar-refractivity contribution >= 4 is 23.4 Å². The Labute approximate surface area is 144 Å². The molecule has 0 aliphatic carbocycles. The van der Waals surface area contributed by atoms with Crippen LogP contribution in [0.15, 0.2) is 53.7 Å². The van der Waals surface area contributed by atoms with Crippen molar-refractivity contribution in [1.29, 1.82) is 0 Å². The molecule has 7 heteroatoms. The summed E-state index contributed by atoms with van der Waals surface area (Å²) in [5.41, 5.74) is 6.63. The molecule has 0 saturated heterocycles. The Balaban J connectivity index is 1.82. The van der Waals surface area contributed by atoms with Crippen molar-refractivity contribution in [1.82, 2.24) is 0 Å². The van der Waals surface area contributed by atoms with Gasteiger partial charge >= 0.3 is 5.97 Å². The number of nitrogens with zero attached hydrogens (tertiary/aromatic N) is 1. The van der Waals surface area contributed by atoms with Gasteiger partial charge in [-0.2, -0.15) is 0 Å². The number of hydrogen-bond donors (Lipinski definition) is 1. The van der Waals surface area contributed by atoms with Crippen LogP contribution in [0.5, 0.6) is 11.5 Å². The Morgan fingerprint density at radius 3 is 2.46 bits per heavy atom. The van der Waals surface area contributed by atoms with E-state index in [1.54, 1.807) is 36.4 Å². The third-order valence-corrected chi connectivity index (χ3v) is 3.23. The predicted octanol–water partition coefficient (Wildman–Crippen LogP) is 2.79. The molecule has 0 radical (unpaired) electrons. The molecule has 2 aromatic carbocycles. The Kier molecular flexibility index (Phi) is 6.45. The lowest BCUT2D eigenvalue weighted by atomic mass is 10.1. The Bertz CT molecular complexity index is 717. The van der Waals surface area contributed by atoms with Crippen LogP contribution >= 0.6 is 11.6 Å². The number of hydrogen-bond acceptors (Lipinski definition) is 5. The molecule has 0 aliphatic rings. The minimum Gasteiger partial charge on any atom is -0.493 e. The molecule has 24 heavy (non-hydrogen) atoms. The van der Waals surface area contributed by atoms with Crippen molar-refractivity contribution in [3.63, 3.8) is 0 Å². The van der Waals surface area contributed by atoms with Gasteiger partial charge in [0, 0.05) is 11.4 Å². The molecular formula is C17H17ClN2O4. The van der Waals surface area contributed by atoms with Crippen molar-refractivity contribution < 1.29 is 19.1 Å². The molecule has 2 N–H and O–H groups in total. The minimum atomic E-state index is -0.667. The van der Waals surface area contributed by atoms with Gasteiger partial charge in [-0.3, -0.25) is 0 Å². The minimum absolute atomic E-state index is 0.169. The van der Waals surface area contributed by atoms with Gasteiger partial charge < -0.3 is 20.0 Å². The van der Waals surface area contributed by atoms with Gasteiger partial charge in [-0.05, 0) is 29.8 Å². The number of carbonyl (C=O) groups is 1. The highest BCUT2D eigenvalue weighted by Gasteiger charge is 2.08. The lowest BCUT2D eigenvalue weighted by Crippen LogP contribution is -2.19. The van der Waals surface area contributed by atoms with Crippen LogP contribution in [-0.2, 0) is 16.1 Å². The molecule has 126 valence electrons. The standard InChI is InChI=1S/C17H17ClN2O4/c1-22-14-4-2-3-5-15(14)23-11-17(21)24-20-16(19)10-12-6-8-13(18)9-7-12/h2-9H,10-11H2,1H3,(H2,19,20). The number of ether oxygens (including phenoxy) is 2. The quantitative estimate of drug-likeness (QED) is 0.360. The molecule has 2 aromatic rings. The van der Waals surface area contributed by atoms with Gasteiger partial charge in [-0.1, -0.05) is 41.0 Å². The SMILES string of the molecule is COc1ccccc1OCC(=O)O/N=C(/N)Cc1ccc(Cl)cc1. The van der Waals surface area contributed by atoms with Crippen LogP contribution in [0.25, 0.3) is 0 Å². The Morgan fingerprint density at radius 2 is 1.79 bits per heavy atom. The number of methoxy groups -OCH3 is 1. The van der Waals surface area contributed by atoms with Gasteiger partial charge in [-0.25, -0.2) is 4.79 Å². The van der Waals surface area contributed by atoms with Crippen LogP contribution < -0.4 is 15.2 Å². The molecule has 0 fully saturated rings. The van der Waals surface area contributed by atoms with Crippen LogP contribution in [0.2, 0.25) is 5.02 Å². The second kappa shape index (κ2) is 8.79. The number of benzene rings is 2. The van der Waals surface area contributed by atoms with E-state index in [9.17, 15) is 4.79 Å². The average Bonchev–Trinajstić information content (AvgIpc) is 2.60. The van der Waals surface area contributed by atoms with Gasteiger partial charge in [0.1, 0.15) is 5.84 Å². The van der Waals surface area contributed by atoms with Crippen molar-refractivity contribution in [3.05, 3.63) is 59.1 Å². The summed E-state index contributed by atoms with van der Waals surface area (Å²) in [7, 11) is 1.52. The van der Waals surface area contributed by atoms with E-state index in [1.165, 1.54) is 7.11 Å². The fraction of sp³-hybridized carbons (Fsp3) is 0.176. The van der Waals surface area contributed by atoms with Gasteiger partial charge in [0.2, 0.25) is 0 Å². The molecule has 0 aliphatic heterocycles. The lowest BCUT2D eigenvalue weighted by Gasteiger charge is -2.08. The predicted molar refractivity (Wildman–Crippen MR) is 91.4 cm³/mol. The Morgan fingerprint density at radius 1 is 1.12 bits per heavy atom. The van der Waals surface area contributed by atoms with E-state index in [0.717, 1.165) is 5.56 Å². The number of rotatable bonds is 7. The number of amidine groups is 1. The Hall–Kier alpha value is -2.73. The van der Waals surface area contributed by atoms with E-state index in [1.807, 2.05) is 12.1 Å². The molecule has 0 saturated carbocycles. The van der Waals surface area contributed by atoms with Gasteiger partial charge in [0.25, 0.3) is 0 Å². The summed E-state index contributed by atoms with van der Waals surface area (Å²) in [5, 5.41) is 4.23. The topological polar surface area (TPSA) is 83.1 Å². The van der Waals surface area contributed by atoms with E-state index >= 15 is 0 Å². The number of halogens is 1. The van der Waals surface area contributed by atoms with E-state index < -0.39 is 5.97 Å². The third kappa shape index (κ3) is 5.48. The summed E-state index contributed by atoms with van der Waals surface area (Å²) in [6.45, 7) is -0.307. The summed E-state index contributed by atoms with van der Waals surface area (Å²) >= 11 is 5.80. The zero-order valence-electron chi connectivity index (χ0n) is 13.1. The molecule has 0 heterocycles. The number of nitrogens with two attached hydrogens (primary N) is 1. The largest absolute Gasteiger partial charge is 0.493 e. The molecule has 0 unspecified atom stereocenters. The van der Waals surface area contributed by atoms with Crippen LogP contribution in [0.1, 0.15) is 5.56 Å². The highest BCUT2D eigenvalue weighted by molar-refractivity contribution is 6.30. The zero-order chi connectivity index (χ0) is 17.4. The first kappa shape index (κ1) is 17.6. The van der Waals surface area contributed by atoms with Gasteiger partial charge in [0.15, 0.2) is 18.1 Å². The van der Waals surface area contributed by atoms with Crippen LogP contribution in [0.4, 0.5) is 0 Å². The maximum atomic E-state index is 11.6. The molecule has 2 rings (SSSR count). The monoisotopic (exact) mass is 348 g/mol. The smallest absolute Gasteiger partial charge is 0.372 e. The zero-order valence-corrected chi connectivity index (χ0v) is 13.8. The highest BCUT2D eigenvalue weighted by Crippen LogP contribution is 2.25. The number of oxime groups is 1. The molecule has 0 spiro atoms. The second-order valence-corrected chi connectivity index (χ2v) is 5.23. The molecular weight excluding hydrogens is 332 g/mol. The van der Waals surface area contributed by atoms with Crippen molar-refractivity contribution in [2.75, 3.05) is 13.7 Å². The second-order valence-electron chi connectivity index (χ2n) is 4.79. The first-order valence-corrected chi connectivity index (χ1v) is 7.48. The van der Waals surface area contributed by atoms with Crippen LogP contribution in [0.3, 0.4) is 0 Å². The van der Waals surface area contributed by atoms with Crippen molar-refractivity contribution in [2.24, 2.45) is 10.9 Å². The van der Waals surface area contributed by atoms with E-state index in [-0.39, 0.29) is 12.4 Å². The molecule has 0 amide bonds. The third-order valence-electron chi connectivity index (χ3n) is 2.98. The summed E-state index contributed by atoms with van der Waals surface area (Å²) < 4.78 is 10.4.